The number of hydrogen-bond acceptors (Lipinski definition) is 6. The van der Waals surface area contributed by atoms with Crippen molar-refractivity contribution in [1.29, 1.82) is 0 Å². The standard InChI is InChI=1S/C17H23N5OS/c1-11-16(24-17(19-11)20-12(2)23)15-9-18-8-14(21-15)7-13-5-4-6-22(3)10-13/h8-9,13H,4-7,10H2,1-3H3,(H,19,20,23)/t13-/m1/s1. The average Bonchev–Trinajstić information content (AvgIpc) is 2.87. The predicted molar refractivity (Wildman–Crippen MR) is 96.1 cm³/mol. The number of aromatic nitrogens is 3. The first-order chi connectivity index (χ1) is 11.5. The molecule has 0 radical (unpaired) electrons. The Kier molecular flexibility index (Phi) is 5.20. The van der Waals surface area contributed by atoms with Crippen LogP contribution in [0.2, 0.25) is 0 Å². The van der Waals surface area contributed by atoms with Crippen LogP contribution in [-0.4, -0.2) is 45.9 Å². The lowest BCUT2D eigenvalue weighted by Crippen LogP contribution is -2.33. The molecule has 1 fully saturated rings. The topological polar surface area (TPSA) is 71.0 Å². The Balaban J connectivity index is 1.77. The summed E-state index contributed by atoms with van der Waals surface area (Å²) in [4.78, 5) is 28.1. The van der Waals surface area contributed by atoms with Gasteiger partial charge in [-0.1, -0.05) is 11.3 Å². The quantitative estimate of drug-likeness (QED) is 0.922. The second-order valence-corrected chi connectivity index (χ2v) is 7.48. The minimum atomic E-state index is -0.114. The number of carbonyl (C=O) groups is 1. The number of amides is 1. The minimum Gasteiger partial charge on any atom is -0.306 e. The number of hydrogen-bond donors (Lipinski definition) is 1. The van der Waals surface area contributed by atoms with E-state index in [1.54, 1.807) is 6.20 Å². The van der Waals surface area contributed by atoms with E-state index in [-0.39, 0.29) is 5.91 Å². The van der Waals surface area contributed by atoms with Crippen LogP contribution in [0.1, 0.15) is 31.2 Å². The summed E-state index contributed by atoms with van der Waals surface area (Å²) in [5.74, 6) is 0.530. The molecule has 7 heteroatoms. The van der Waals surface area contributed by atoms with E-state index in [2.05, 4.69) is 27.2 Å². The van der Waals surface area contributed by atoms with E-state index >= 15 is 0 Å². The number of aryl methyl sites for hydroxylation is 1. The molecule has 2 aromatic rings. The Hall–Kier alpha value is -1.86. The van der Waals surface area contributed by atoms with Gasteiger partial charge in [-0.25, -0.2) is 9.97 Å². The van der Waals surface area contributed by atoms with Crippen molar-refractivity contribution in [1.82, 2.24) is 19.9 Å². The van der Waals surface area contributed by atoms with E-state index in [1.807, 2.05) is 13.1 Å². The maximum absolute atomic E-state index is 11.2. The molecule has 24 heavy (non-hydrogen) atoms. The first-order valence-electron chi connectivity index (χ1n) is 8.26. The molecule has 1 saturated heterocycles. The van der Waals surface area contributed by atoms with Crippen molar-refractivity contribution in [3.05, 3.63) is 23.8 Å². The molecular weight excluding hydrogens is 322 g/mol. The normalized spacial score (nSPS) is 18.5. The number of thiazole rings is 1. The van der Waals surface area contributed by atoms with E-state index < -0.39 is 0 Å². The van der Waals surface area contributed by atoms with E-state index in [0.717, 1.165) is 34.9 Å². The molecule has 128 valence electrons. The Labute approximate surface area is 146 Å². The van der Waals surface area contributed by atoms with Crippen molar-refractivity contribution in [3.63, 3.8) is 0 Å². The van der Waals surface area contributed by atoms with E-state index in [9.17, 15) is 4.79 Å². The predicted octanol–water partition coefficient (Wildman–Crippen LogP) is 2.75. The van der Waals surface area contributed by atoms with Gasteiger partial charge in [-0.2, -0.15) is 0 Å². The molecule has 0 aliphatic carbocycles. The first kappa shape index (κ1) is 17.0. The molecule has 0 saturated carbocycles. The SMILES string of the molecule is CC(=O)Nc1nc(C)c(-c2cncc(C[C@H]3CCCN(C)C3)n2)s1. The van der Waals surface area contributed by atoms with Crippen molar-refractivity contribution >= 4 is 22.4 Å². The number of piperidine rings is 1. The summed E-state index contributed by atoms with van der Waals surface area (Å²) in [6.07, 6.45) is 7.10. The lowest BCUT2D eigenvalue weighted by Gasteiger charge is -2.29. The fraction of sp³-hybridized carbons (Fsp3) is 0.529. The third-order valence-electron chi connectivity index (χ3n) is 4.22. The van der Waals surface area contributed by atoms with Gasteiger partial charge in [0, 0.05) is 19.7 Å². The summed E-state index contributed by atoms with van der Waals surface area (Å²) >= 11 is 1.44. The van der Waals surface area contributed by atoms with Gasteiger partial charge in [0.25, 0.3) is 0 Å². The van der Waals surface area contributed by atoms with Crippen LogP contribution in [0.5, 0.6) is 0 Å². The largest absolute Gasteiger partial charge is 0.306 e. The van der Waals surface area contributed by atoms with Crippen molar-refractivity contribution in [3.8, 4) is 10.6 Å². The number of nitrogens with one attached hydrogen (secondary N) is 1. The zero-order chi connectivity index (χ0) is 17.1. The third-order valence-corrected chi connectivity index (χ3v) is 5.31. The molecule has 6 nitrogen and oxygen atoms in total. The van der Waals surface area contributed by atoms with E-state index in [4.69, 9.17) is 4.98 Å². The lowest BCUT2D eigenvalue weighted by molar-refractivity contribution is -0.114. The number of anilines is 1. The molecule has 3 rings (SSSR count). The molecule has 3 heterocycles. The molecule has 0 bridgehead atoms. The highest BCUT2D eigenvalue weighted by molar-refractivity contribution is 7.19. The Morgan fingerprint density at radius 1 is 1.42 bits per heavy atom. The van der Waals surface area contributed by atoms with Gasteiger partial charge >= 0.3 is 0 Å². The van der Waals surface area contributed by atoms with Crippen molar-refractivity contribution in [2.24, 2.45) is 5.92 Å². The molecule has 0 aromatic carbocycles. The van der Waals surface area contributed by atoms with Crippen LogP contribution < -0.4 is 5.32 Å². The van der Waals surface area contributed by atoms with Crippen LogP contribution in [0.3, 0.4) is 0 Å². The van der Waals surface area contributed by atoms with Crippen LogP contribution in [-0.2, 0) is 11.2 Å². The van der Waals surface area contributed by atoms with Gasteiger partial charge in [0.2, 0.25) is 5.91 Å². The summed E-state index contributed by atoms with van der Waals surface area (Å²) in [7, 11) is 2.18. The Morgan fingerprint density at radius 3 is 3.00 bits per heavy atom. The molecular formula is C17H23N5OS. The van der Waals surface area contributed by atoms with E-state index in [1.165, 1.54) is 37.6 Å². The zero-order valence-corrected chi connectivity index (χ0v) is 15.2. The van der Waals surface area contributed by atoms with Crippen LogP contribution in [0.15, 0.2) is 12.4 Å². The maximum Gasteiger partial charge on any atom is 0.223 e. The second kappa shape index (κ2) is 7.36. The zero-order valence-electron chi connectivity index (χ0n) is 14.4. The number of carbonyl (C=O) groups excluding carboxylic acids is 1. The van der Waals surface area contributed by atoms with Gasteiger partial charge in [-0.3, -0.25) is 9.78 Å². The summed E-state index contributed by atoms with van der Waals surface area (Å²) < 4.78 is 0. The summed E-state index contributed by atoms with van der Waals surface area (Å²) in [5.41, 5.74) is 2.73. The van der Waals surface area contributed by atoms with Gasteiger partial charge in [-0.15, -0.1) is 0 Å². The molecule has 1 aliphatic rings. The summed E-state index contributed by atoms with van der Waals surface area (Å²) in [6.45, 7) is 5.73. The van der Waals surface area contributed by atoms with Gasteiger partial charge in [-0.05, 0) is 45.7 Å². The molecule has 1 amide bonds. The van der Waals surface area contributed by atoms with Crippen LogP contribution in [0.4, 0.5) is 5.13 Å². The summed E-state index contributed by atoms with van der Waals surface area (Å²) in [6, 6.07) is 0. The summed E-state index contributed by atoms with van der Waals surface area (Å²) in [5, 5.41) is 3.34. The number of nitrogens with zero attached hydrogens (tertiary/aromatic N) is 4. The highest BCUT2D eigenvalue weighted by atomic mass is 32.1. The van der Waals surface area contributed by atoms with Gasteiger partial charge in [0.15, 0.2) is 5.13 Å². The van der Waals surface area contributed by atoms with Crippen LogP contribution in [0, 0.1) is 12.8 Å². The van der Waals surface area contributed by atoms with Gasteiger partial charge in [0.05, 0.1) is 22.5 Å². The fourth-order valence-electron chi connectivity index (χ4n) is 3.19. The molecule has 0 spiro atoms. The minimum absolute atomic E-state index is 0.114. The number of likely N-dealkylation sites (tertiary alicyclic amines) is 1. The van der Waals surface area contributed by atoms with Gasteiger partial charge < -0.3 is 10.2 Å². The van der Waals surface area contributed by atoms with Crippen molar-refractivity contribution < 1.29 is 4.79 Å². The Morgan fingerprint density at radius 2 is 2.25 bits per heavy atom. The monoisotopic (exact) mass is 345 g/mol. The number of rotatable bonds is 4. The van der Waals surface area contributed by atoms with Crippen LogP contribution in [0.25, 0.3) is 10.6 Å². The average molecular weight is 345 g/mol. The second-order valence-electron chi connectivity index (χ2n) is 6.49. The molecule has 1 atom stereocenters. The third kappa shape index (κ3) is 4.15. The smallest absolute Gasteiger partial charge is 0.223 e. The molecule has 2 aromatic heterocycles. The first-order valence-corrected chi connectivity index (χ1v) is 9.08. The van der Waals surface area contributed by atoms with Crippen molar-refractivity contribution in [2.45, 2.75) is 33.1 Å². The lowest BCUT2D eigenvalue weighted by atomic mass is 9.94. The van der Waals surface area contributed by atoms with E-state index in [0.29, 0.717) is 11.0 Å². The maximum atomic E-state index is 11.2. The molecule has 1 aliphatic heterocycles. The van der Waals surface area contributed by atoms with Crippen LogP contribution >= 0.6 is 11.3 Å². The molecule has 1 N–H and O–H groups in total. The Bertz CT molecular complexity index is 730. The van der Waals surface area contributed by atoms with Crippen molar-refractivity contribution in [2.75, 3.05) is 25.5 Å². The molecule has 0 unspecified atom stereocenters. The fourth-order valence-corrected chi connectivity index (χ4v) is 4.15. The highest BCUT2D eigenvalue weighted by Gasteiger charge is 2.19. The van der Waals surface area contributed by atoms with Gasteiger partial charge in [0.1, 0.15) is 5.69 Å². The highest BCUT2D eigenvalue weighted by Crippen LogP contribution is 2.31.